The van der Waals surface area contributed by atoms with Crippen LogP contribution >= 0.6 is 27.3 Å². The molecule has 0 aliphatic heterocycles. The van der Waals surface area contributed by atoms with Gasteiger partial charge in [-0.1, -0.05) is 27.3 Å². The van der Waals surface area contributed by atoms with Crippen molar-refractivity contribution in [2.45, 2.75) is 26.4 Å². The van der Waals surface area contributed by atoms with Crippen molar-refractivity contribution >= 4 is 44.3 Å². The Labute approximate surface area is 149 Å². The monoisotopic (exact) mass is 416 g/mol. The normalized spacial score (nSPS) is 11.2. The number of nitrogens with zero attached hydrogens (tertiary/aromatic N) is 1. The molecular weight excluding hydrogens is 403 g/mol. The van der Waals surface area contributed by atoms with Gasteiger partial charge >= 0.3 is 12.1 Å². The van der Waals surface area contributed by atoms with Gasteiger partial charge < -0.3 is 9.84 Å². The number of halogens is 2. The molecule has 0 unspecified atom stereocenters. The first-order chi connectivity index (χ1) is 11.1. The van der Waals surface area contributed by atoms with Gasteiger partial charge in [-0.05, 0) is 39.0 Å². The van der Waals surface area contributed by atoms with Crippen LogP contribution in [0.2, 0.25) is 0 Å². The zero-order valence-corrected chi connectivity index (χ0v) is 15.4. The van der Waals surface area contributed by atoms with E-state index < -0.39 is 23.5 Å². The molecule has 0 atom stereocenters. The fourth-order valence-electron chi connectivity index (χ4n) is 1.72. The van der Waals surface area contributed by atoms with Crippen molar-refractivity contribution in [3.05, 3.63) is 34.2 Å². The number of ether oxygens (including phenoxy) is 1. The Kier molecular flexibility index (Phi) is 5.24. The number of thiazole rings is 1. The number of aromatic nitrogens is 1. The van der Waals surface area contributed by atoms with E-state index in [1.54, 1.807) is 20.8 Å². The molecule has 0 aliphatic rings. The number of anilines is 1. The van der Waals surface area contributed by atoms with Gasteiger partial charge in [0.1, 0.15) is 21.4 Å². The van der Waals surface area contributed by atoms with Crippen molar-refractivity contribution in [3.63, 3.8) is 0 Å². The quantitative estimate of drug-likeness (QED) is 0.752. The molecular formula is C15H14BrFN2O4S. The number of carboxylic acids is 1. The summed E-state index contributed by atoms with van der Waals surface area (Å²) in [7, 11) is 0. The van der Waals surface area contributed by atoms with E-state index in [1.165, 1.54) is 18.2 Å². The van der Waals surface area contributed by atoms with Crippen LogP contribution < -0.4 is 5.32 Å². The van der Waals surface area contributed by atoms with Crippen LogP contribution in [-0.4, -0.2) is 27.8 Å². The molecule has 2 rings (SSSR count). The van der Waals surface area contributed by atoms with E-state index in [4.69, 9.17) is 4.74 Å². The van der Waals surface area contributed by atoms with Crippen molar-refractivity contribution in [1.82, 2.24) is 4.98 Å². The first-order valence-corrected chi connectivity index (χ1v) is 8.37. The number of benzene rings is 1. The van der Waals surface area contributed by atoms with Gasteiger partial charge in [-0.15, -0.1) is 0 Å². The summed E-state index contributed by atoms with van der Waals surface area (Å²) >= 11 is 4.08. The molecule has 1 aromatic heterocycles. The molecule has 0 aliphatic carbocycles. The molecule has 24 heavy (non-hydrogen) atoms. The predicted octanol–water partition coefficient (Wildman–Crippen LogP) is 4.76. The lowest BCUT2D eigenvalue weighted by atomic mass is 10.2. The maximum atomic E-state index is 14.0. The Hall–Kier alpha value is -2.00. The first kappa shape index (κ1) is 18.3. The van der Waals surface area contributed by atoms with Crippen LogP contribution in [0.3, 0.4) is 0 Å². The molecule has 0 spiro atoms. The van der Waals surface area contributed by atoms with E-state index in [1.807, 2.05) is 0 Å². The van der Waals surface area contributed by atoms with Crippen molar-refractivity contribution in [1.29, 1.82) is 0 Å². The summed E-state index contributed by atoms with van der Waals surface area (Å²) in [5, 5.41) is 11.7. The van der Waals surface area contributed by atoms with Crippen LogP contribution in [-0.2, 0) is 4.74 Å². The Balaban J connectivity index is 2.39. The Bertz CT molecular complexity index is 801. The van der Waals surface area contributed by atoms with Crippen LogP contribution in [0, 0.1) is 5.82 Å². The van der Waals surface area contributed by atoms with Crippen molar-refractivity contribution in [2.24, 2.45) is 0 Å². The minimum absolute atomic E-state index is 0.0221. The fraction of sp³-hybridized carbons (Fsp3) is 0.267. The first-order valence-electron chi connectivity index (χ1n) is 6.76. The van der Waals surface area contributed by atoms with Crippen molar-refractivity contribution < 1.29 is 23.8 Å². The second-order valence-corrected chi connectivity index (χ2v) is 7.67. The molecule has 2 N–H and O–H groups in total. The standard InChI is InChI=1S/C15H14BrFN2O4S/c1-15(2,3)23-14(22)19-12-10(13(20)21)18-11(24-12)8-6-7(16)4-5-9(8)17/h4-6H,1-3H3,(H,19,22)(H,20,21). The number of rotatable bonds is 3. The van der Waals surface area contributed by atoms with Gasteiger partial charge in [-0.25, -0.2) is 19.0 Å². The maximum Gasteiger partial charge on any atom is 0.412 e. The number of aromatic carboxylic acids is 1. The van der Waals surface area contributed by atoms with Gasteiger partial charge in [0.05, 0.1) is 0 Å². The molecule has 1 aromatic carbocycles. The summed E-state index contributed by atoms with van der Waals surface area (Å²) in [4.78, 5) is 27.1. The number of amides is 1. The van der Waals surface area contributed by atoms with E-state index in [0.717, 1.165) is 11.3 Å². The van der Waals surface area contributed by atoms with E-state index in [-0.39, 0.29) is 21.3 Å². The zero-order chi connectivity index (χ0) is 18.1. The Morgan fingerprint density at radius 2 is 2.04 bits per heavy atom. The highest BCUT2D eigenvalue weighted by atomic mass is 79.9. The molecule has 0 saturated carbocycles. The molecule has 0 saturated heterocycles. The lowest BCUT2D eigenvalue weighted by Crippen LogP contribution is -2.27. The summed E-state index contributed by atoms with van der Waals surface area (Å²) in [6, 6.07) is 4.24. The smallest absolute Gasteiger partial charge is 0.412 e. The fourth-order valence-corrected chi connectivity index (χ4v) is 3.04. The van der Waals surface area contributed by atoms with E-state index >= 15 is 0 Å². The summed E-state index contributed by atoms with van der Waals surface area (Å²) in [5.74, 6) is -1.88. The van der Waals surface area contributed by atoms with Crippen molar-refractivity contribution in [2.75, 3.05) is 5.32 Å². The van der Waals surface area contributed by atoms with Gasteiger partial charge in [-0.2, -0.15) is 0 Å². The number of hydrogen-bond donors (Lipinski definition) is 2. The van der Waals surface area contributed by atoms with Gasteiger partial charge in [-0.3, -0.25) is 5.32 Å². The van der Waals surface area contributed by atoms with Crippen LogP contribution in [0.5, 0.6) is 0 Å². The minimum Gasteiger partial charge on any atom is -0.476 e. The van der Waals surface area contributed by atoms with Gasteiger partial charge in [0, 0.05) is 10.0 Å². The molecule has 0 fully saturated rings. The summed E-state index contributed by atoms with van der Waals surface area (Å²) in [5.41, 5.74) is -0.980. The van der Waals surface area contributed by atoms with Gasteiger partial charge in [0.25, 0.3) is 0 Å². The summed E-state index contributed by atoms with van der Waals surface area (Å²) in [6.07, 6.45) is -0.810. The highest BCUT2D eigenvalue weighted by molar-refractivity contribution is 9.10. The second-order valence-electron chi connectivity index (χ2n) is 5.75. The number of hydrogen-bond acceptors (Lipinski definition) is 5. The molecule has 128 valence electrons. The van der Waals surface area contributed by atoms with Crippen LogP contribution in [0.15, 0.2) is 22.7 Å². The van der Waals surface area contributed by atoms with Crippen molar-refractivity contribution in [3.8, 4) is 10.6 Å². The van der Waals surface area contributed by atoms with Gasteiger partial charge in [0.2, 0.25) is 0 Å². The number of carboxylic acid groups (broad SMARTS) is 1. The molecule has 6 nitrogen and oxygen atoms in total. The van der Waals surface area contributed by atoms with Crippen LogP contribution in [0.1, 0.15) is 31.3 Å². The van der Waals surface area contributed by atoms with Gasteiger partial charge in [0.15, 0.2) is 5.69 Å². The van der Waals surface area contributed by atoms with E-state index in [2.05, 4.69) is 26.2 Å². The molecule has 9 heteroatoms. The number of nitrogens with one attached hydrogen (secondary N) is 1. The highest BCUT2D eigenvalue weighted by Crippen LogP contribution is 2.35. The van der Waals surface area contributed by atoms with E-state index in [0.29, 0.717) is 4.47 Å². The third-order valence-electron chi connectivity index (χ3n) is 2.60. The lowest BCUT2D eigenvalue weighted by molar-refractivity contribution is 0.0636. The van der Waals surface area contributed by atoms with Crippen LogP contribution in [0.25, 0.3) is 10.6 Å². The average molecular weight is 417 g/mol. The van der Waals surface area contributed by atoms with Crippen LogP contribution in [0.4, 0.5) is 14.2 Å². The molecule has 0 bridgehead atoms. The number of carbonyl (C=O) groups is 2. The lowest BCUT2D eigenvalue weighted by Gasteiger charge is -2.19. The highest BCUT2D eigenvalue weighted by Gasteiger charge is 2.24. The molecule has 2 aromatic rings. The molecule has 0 radical (unpaired) electrons. The third kappa shape index (κ3) is 4.51. The third-order valence-corrected chi connectivity index (χ3v) is 4.10. The molecule has 1 amide bonds. The Morgan fingerprint density at radius 1 is 1.38 bits per heavy atom. The second kappa shape index (κ2) is 6.86. The Morgan fingerprint density at radius 3 is 2.62 bits per heavy atom. The average Bonchev–Trinajstić information content (AvgIpc) is 2.83. The minimum atomic E-state index is -1.33. The zero-order valence-electron chi connectivity index (χ0n) is 13.0. The SMILES string of the molecule is CC(C)(C)OC(=O)Nc1sc(-c2cc(Br)ccc2F)nc1C(=O)O. The maximum absolute atomic E-state index is 14.0. The van der Waals surface area contributed by atoms with E-state index in [9.17, 15) is 19.1 Å². The number of carbonyl (C=O) groups excluding carboxylic acids is 1. The topological polar surface area (TPSA) is 88.5 Å². The predicted molar refractivity (Wildman–Crippen MR) is 92.0 cm³/mol. The molecule has 1 heterocycles. The largest absolute Gasteiger partial charge is 0.476 e. The summed E-state index contributed by atoms with van der Waals surface area (Å²) < 4.78 is 19.7. The summed E-state index contributed by atoms with van der Waals surface area (Å²) in [6.45, 7) is 5.04.